The number of ether oxygens (including phenoxy) is 1. The molecular weight excluding hydrogens is 317 g/mol. The lowest BCUT2D eigenvalue weighted by Crippen LogP contribution is -2.30. The summed E-state index contributed by atoms with van der Waals surface area (Å²) in [5.74, 6) is -2.78. The number of amides is 1. The van der Waals surface area contributed by atoms with Gasteiger partial charge in [0.15, 0.2) is 17.3 Å². The molecule has 24 heavy (non-hydrogen) atoms. The molecule has 0 aliphatic carbocycles. The van der Waals surface area contributed by atoms with Gasteiger partial charge in [0.05, 0.1) is 13.0 Å². The molecule has 1 aliphatic rings. The summed E-state index contributed by atoms with van der Waals surface area (Å²) in [6.07, 6.45) is -0.0707. The molecule has 1 N–H and O–H groups in total. The molecule has 1 aromatic carbocycles. The first-order valence-corrected chi connectivity index (χ1v) is 7.70. The average molecular weight is 337 g/mol. The highest BCUT2D eigenvalue weighted by molar-refractivity contribution is 5.98. The topological polar surface area (TPSA) is 83.9 Å². The minimum Gasteiger partial charge on any atom is -0.494 e. The number of nitrogens with zero attached hydrogens (tertiary/aromatic N) is 1. The van der Waals surface area contributed by atoms with Crippen molar-refractivity contribution in [3.05, 3.63) is 29.6 Å². The maximum atomic E-state index is 13.6. The number of hydrogen-bond donors (Lipinski definition) is 1. The van der Waals surface area contributed by atoms with Crippen molar-refractivity contribution in [2.24, 2.45) is 11.8 Å². The van der Waals surface area contributed by atoms with Crippen molar-refractivity contribution < 1.29 is 28.6 Å². The maximum Gasteiger partial charge on any atom is 0.308 e. The van der Waals surface area contributed by atoms with Crippen molar-refractivity contribution in [3.8, 4) is 5.75 Å². The molecule has 2 atom stereocenters. The van der Waals surface area contributed by atoms with Crippen molar-refractivity contribution in [1.29, 1.82) is 0 Å². The third kappa shape index (κ3) is 3.90. The second-order valence-corrected chi connectivity index (χ2v) is 5.99. The number of rotatable bonds is 6. The summed E-state index contributed by atoms with van der Waals surface area (Å²) >= 11 is 0. The Morgan fingerprint density at radius 2 is 2.00 bits per heavy atom. The number of ketones is 1. The quantitative estimate of drug-likeness (QED) is 0.803. The zero-order valence-electron chi connectivity index (χ0n) is 13.6. The van der Waals surface area contributed by atoms with Crippen LogP contribution in [-0.4, -0.2) is 47.9 Å². The van der Waals surface area contributed by atoms with Gasteiger partial charge in [-0.2, -0.15) is 0 Å². The molecule has 2 rings (SSSR count). The number of likely N-dealkylation sites (tertiary alicyclic amines) is 1. The second kappa shape index (κ2) is 7.42. The average Bonchev–Trinajstić information content (AvgIpc) is 2.94. The lowest BCUT2D eigenvalue weighted by molar-refractivity contribution is -0.142. The summed E-state index contributed by atoms with van der Waals surface area (Å²) in [6.45, 7) is 2.33. The molecule has 1 aliphatic heterocycles. The summed E-state index contributed by atoms with van der Waals surface area (Å²) in [6, 6.07) is 3.90. The normalized spacial score (nSPS) is 20.0. The molecule has 1 heterocycles. The van der Waals surface area contributed by atoms with Crippen LogP contribution < -0.4 is 4.74 Å². The number of benzene rings is 1. The van der Waals surface area contributed by atoms with E-state index in [-0.39, 0.29) is 48.3 Å². The predicted molar refractivity (Wildman–Crippen MR) is 83.4 cm³/mol. The van der Waals surface area contributed by atoms with E-state index in [2.05, 4.69) is 0 Å². The first kappa shape index (κ1) is 17.9. The molecule has 7 heteroatoms. The number of carboxylic acids is 1. The molecule has 0 spiro atoms. The first-order valence-electron chi connectivity index (χ1n) is 7.70. The molecule has 0 aromatic heterocycles. The Morgan fingerprint density at radius 3 is 2.54 bits per heavy atom. The van der Waals surface area contributed by atoms with E-state index in [0.717, 1.165) is 6.07 Å². The van der Waals surface area contributed by atoms with Crippen LogP contribution in [0.3, 0.4) is 0 Å². The number of carboxylic acid groups (broad SMARTS) is 1. The van der Waals surface area contributed by atoms with E-state index in [4.69, 9.17) is 9.84 Å². The van der Waals surface area contributed by atoms with Crippen LogP contribution in [0.25, 0.3) is 0 Å². The summed E-state index contributed by atoms with van der Waals surface area (Å²) in [4.78, 5) is 36.8. The lowest BCUT2D eigenvalue weighted by Gasteiger charge is -2.15. The Hall–Kier alpha value is -2.44. The van der Waals surface area contributed by atoms with Gasteiger partial charge in [0.25, 0.3) is 0 Å². The van der Waals surface area contributed by atoms with E-state index >= 15 is 0 Å². The van der Waals surface area contributed by atoms with Gasteiger partial charge in [-0.25, -0.2) is 4.39 Å². The van der Waals surface area contributed by atoms with E-state index in [0.29, 0.717) is 6.54 Å². The molecule has 0 saturated carbocycles. The standard InChI is InChI=1S/C17H20FNO5/c1-10-8-19(9-12(10)17(22)23)16(21)6-4-14(20)11-3-5-15(24-2)13(18)7-11/h3,5,7,10,12H,4,6,8-9H2,1-2H3,(H,22,23)/t10-,12-/m1/s1. The molecule has 0 radical (unpaired) electrons. The van der Waals surface area contributed by atoms with Crippen LogP contribution in [-0.2, 0) is 9.59 Å². The largest absolute Gasteiger partial charge is 0.494 e. The smallest absolute Gasteiger partial charge is 0.308 e. The lowest BCUT2D eigenvalue weighted by atomic mass is 9.99. The highest BCUT2D eigenvalue weighted by Crippen LogP contribution is 2.24. The fraction of sp³-hybridized carbons (Fsp3) is 0.471. The zero-order valence-corrected chi connectivity index (χ0v) is 13.6. The highest BCUT2D eigenvalue weighted by Gasteiger charge is 2.36. The van der Waals surface area contributed by atoms with Gasteiger partial charge in [0.1, 0.15) is 0 Å². The van der Waals surface area contributed by atoms with Gasteiger partial charge in [0, 0.05) is 31.5 Å². The Bertz CT molecular complexity index is 660. The number of aliphatic carboxylic acids is 1. The molecule has 1 amide bonds. The second-order valence-electron chi connectivity index (χ2n) is 5.99. The van der Waals surface area contributed by atoms with E-state index in [1.54, 1.807) is 6.92 Å². The van der Waals surface area contributed by atoms with E-state index < -0.39 is 17.7 Å². The summed E-state index contributed by atoms with van der Waals surface area (Å²) < 4.78 is 18.4. The van der Waals surface area contributed by atoms with Gasteiger partial charge in [-0.3, -0.25) is 14.4 Å². The monoisotopic (exact) mass is 337 g/mol. The van der Waals surface area contributed by atoms with Crippen LogP contribution >= 0.6 is 0 Å². The number of carbonyl (C=O) groups excluding carboxylic acids is 2. The molecule has 6 nitrogen and oxygen atoms in total. The first-order chi connectivity index (χ1) is 11.3. The van der Waals surface area contributed by atoms with Crippen molar-refractivity contribution in [2.75, 3.05) is 20.2 Å². The maximum absolute atomic E-state index is 13.6. The van der Waals surface area contributed by atoms with Crippen LogP contribution in [0.2, 0.25) is 0 Å². The SMILES string of the molecule is COc1ccc(C(=O)CCC(=O)N2C[C@@H](C)[C@H](C(=O)O)C2)cc1F. The molecule has 130 valence electrons. The van der Waals surface area contributed by atoms with Crippen LogP contribution in [0.15, 0.2) is 18.2 Å². The van der Waals surface area contributed by atoms with Crippen molar-refractivity contribution >= 4 is 17.7 Å². The van der Waals surface area contributed by atoms with Gasteiger partial charge >= 0.3 is 5.97 Å². The number of methoxy groups -OCH3 is 1. The van der Waals surface area contributed by atoms with Gasteiger partial charge in [-0.15, -0.1) is 0 Å². The molecule has 1 saturated heterocycles. The molecule has 0 unspecified atom stereocenters. The van der Waals surface area contributed by atoms with Gasteiger partial charge in [-0.05, 0) is 24.1 Å². The van der Waals surface area contributed by atoms with Gasteiger partial charge < -0.3 is 14.7 Å². The van der Waals surface area contributed by atoms with E-state index in [1.807, 2.05) is 0 Å². The summed E-state index contributed by atoms with van der Waals surface area (Å²) in [5, 5.41) is 9.08. The van der Waals surface area contributed by atoms with Gasteiger partial charge in [0.2, 0.25) is 5.91 Å². The Morgan fingerprint density at radius 1 is 1.29 bits per heavy atom. The number of hydrogen-bond acceptors (Lipinski definition) is 4. The van der Waals surface area contributed by atoms with Gasteiger partial charge in [-0.1, -0.05) is 6.92 Å². The molecule has 1 fully saturated rings. The van der Waals surface area contributed by atoms with Crippen molar-refractivity contribution in [2.45, 2.75) is 19.8 Å². The summed E-state index contributed by atoms with van der Waals surface area (Å²) in [5.41, 5.74) is 0.180. The summed E-state index contributed by atoms with van der Waals surface area (Å²) in [7, 11) is 1.33. The van der Waals surface area contributed by atoms with Crippen LogP contribution in [0, 0.1) is 17.7 Å². The van der Waals surface area contributed by atoms with Crippen LogP contribution in [0.5, 0.6) is 5.75 Å². The molecule has 0 bridgehead atoms. The number of carbonyl (C=O) groups is 3. The zero-order chi connectivity index (χ0) is 17.9. The van der Waals surface area contributed by atoms with Crippen LogP contribution in [0.1, 0.15) is 30.1 Å². The molecule has 1 aromatic rings. The third-order valence-electron chi connectivity index (χ3n) is 4.32. The Kier molecular flexibility index (Phi) is 5.54. The third-order valence-corrected chi connectivity index (χ3v) is 4.32. The van der Waals surface area contributed by atoms with Crippen molar-refractivity contribution in [3.63, 3.8) is 0 Å². The van der Waals surface area contributed by atoms with E-state index in [1.165, 1.54) is 24.1 Å². The fourth-order valence-electron chi connectivity index (χ4n) is 2.85. The van der Waals surface area contributed by atoms with Crippen LogP contribution in [0.4, 0.5) is 4.39 Å². The Balaban J connectivity index is 1.91. The predicted octanol–water partition coefficient (Wildman–Crippen LogP) is 1.98. The number of Topliss-reactive ketones (excluding diaryl/α,β-unsaturated/α-hetero) is 1. The Labute approximate surface area is 139 Å². The number of halogens is 1. The minimum atomic E-state index is -0.914. The fourth-order valence-corrected chi connectivity index (χ4v) is 2.85. The van der Waals surface area contributed by atoms with E-state index in [9.17, 15) is 18.8 Å². The minimum absolute atomic E-state index is 0.0223. The molecular formula is C17H20FNO5. The highest BCUT2D eigenvalue weighted by atomic mass is 19.1. The van der Waals surface area contributed by atoms with Crippen molar-refractivity contribution in [1.82, 2.24) is 4.90 Å².